The minimum Gasteiger partial charge on any atom is -0.456 e. The van der Waals surface area contributed by atoms with Crippen LogP contribution in [0.25, 0.3) is 85.9 Å². The van der Waals surface area contributed by atoms with Gasteiger partial charge in [0.1, 0.15) is 11.2 Å². The Kier molecular flexibility index (Phi) is 7.75. The van der Waals surface area contributed by atoms with Gasteiger partial charge in [0.2, 0.25) is 0 Å². The van der Waals surface area contributed by atoms with E-state index in [9.17, 15) is 0 Å². The molecule has 0 N–H and O–H groups in total. The third-order valence-corrected chi connectivity index (χ3v) is 15.5. The highest BCUT2D eigenvalue weighted by Gasteiger charge is 2.46. The summed E-state index contributed by atoms with van der Waals surface area (Å²) < 4.78 is 9.35. The number of thiophene rings is 1. The van der Waals surface area contributed by atoms with Gasteiger partial charge in [-0.3, -0.25) is 0 Å². The molecule has 0 aliphatic carbocycles. The second kappa shape index (κ2) is 14.1. The number of para-hydroxylation sites is 1. The van der Waals surface area contributed by atoms with Crippen molar-refractivity contribution < 1.29 is 4.42 Å². The van der Waals surface area contributed by atoms with Crippen molar-refractivity contribution in [2.75, 3.05) is 9.80 Å². The summed E-state index contributed by atoms with van der Waals surface area (Å²) >= 11 is 1.88. The number of nitrogens with zero attached hydrogens (tertiary/aromatic N) is 2. The zero-order valence-electron chi connectivity index (χ0n) is 36.2. The summed E-state index contributed by atoms with van der Waals surface area (Å²) in [5, 5.41) is 9.64. The van der Waals surface area contributed by atoms with Crippen LogP contribution in [0.15, 0.2) is 229 Å². The molecule has 0 spiro atoms. The van der Waals surface area contributed by atoms with Gasteiger partial charge >= 0.3 is 0 Å². The van der Waals surface area contributed by atoms with E-state index in [1.54, 1.807) is 0 Å². The van der Waals surface area contributed by atoms with E-state index in [2.05, 4.69) is 234 Å². The summed E-state index contributed by atoms with van der Waals surface area (Å²) in [6.07, 6.45) is 0. The van der Waals surface area contributed by atoms with Gasteiger partial charge in [-0.25, -0.2) is 0 Å². The van der Waals surface area contributed by atoms with E-state index in [0.29, 0.717) is 0 Å². The Hall–Kier alpha value is -8.38. The van der Waals surface area contributed by atoms with E-state index >= 15 is 0 Å². The van der Waals surface area contributed by atoms with Gasteiger partial charge in [-0.15, -0.1) is 11.3 Å². The molecule has 2 aromatic heterocycles. The normalized spacial score (nSPS) is 13.0. The molecule has 0 amide bonds. The van der Waals surface area contributed by atoms with Gasteiger partial charge in [0.05, 0.1) is 28.1 Å². The summed E-state index contributed by atoms with van der Waals surface area (Å²) in [6, 6.07) is 83.0. The molecule has 11 aromatic carbocycles. The topological polar surface area (TPSA) is 19.6 Å². The van der Waals surface area contributed by atoms with Crippen LogP contribution >= 0.6 is 11.3 Å². The molecule has 0 unspecified atom stereocenters. The summed E-state index contributed by atoms with van der Waals surface area (Å²) in [5.74, 6) is 0. The largest absolute Gasteiger partial charge is 0.456 e. The molecule has 0 saturated carbocycles. The monoisotopic (exact) mass is 868 g/mol. The van der Waals surface area contributed by atoms with E-state index in [1.807, 2.05) is 11.3 Å². The van der Waals surface area contributed by atoms with E-state index in [1.165, 1.54) is 91.7 Å². The number of hydrogen-bond acceptors (Lipinski definition) is 4. The highest BCUT2D eigenvalue weighted by molar-refractivity contribution is 7.26. The number of fused-ring (bicyclic) bond motifs is 14. The van der Waals surface area contributed by atoms with Gasteiger partial charge < -0.3 is 14.2 Å². The van der Waals surface area contributed by atoms with Crippen LogP contribution in [-0.2, 0) is 0 Å². The molecular formula is C62H37BN2OS. The molecular weight excluding hydrogens is 832 g/mol. The van der Waals surface area contributed by atoms with Gasteiger partial charge in [0.25, 0.3) is 6.71 Å². The molecule has 0 saturated heterocycles. The van der Waals surface area contributed by atoms with Gasteiger partial charge in [-0.05, 0) is 110 Å². The lowest BCUT2D eigenvalue weighted by atomic mass is 9.33. The third kappa shape index (κ3) is 5.29. The first kappa shape index (κ1) is 36.9. The molecule has 310 valence electrons. The zero-order valence-corrected chi connectivity index (χ0v) is 37.0. The van der Waals surface area contributed by atoms with Gasteiger partial charge in [0, 0.05) is 48.1 Å². The predicted molar refractivity (Wildman–Crippen MR) is 287 cm³/mol. The van der Waals surface area contributed by atoms with E-state index in [-0.39, 0.29) is 6.71 Å². The molecule has 15 rings (SSSR count). The number of hydrogen-bond donors (Lipinski definition) is 0. The fourth-order valence-corrected chi connectivity index (χ4v) is 12.7. The molecule has 2 aliphatic heterocycles. The first-order valence-corrected chi connectivity index (χ1v) is 23.8. The number of rotatable bonds is 4. The van der Waals surface area contributed by atoms with Crippen molar-refractivity contribution in [3.63, 3.8) is 0 Å². The molecule has 0 atom stereocenters. The molecule has 0 bridgehead atoms. The second-order valence-electron chi connectivity index (χ2n) is 17.9. The maximum Gasteiger partial charge on any atom is 0.252 e. The van der Waals surface area contributed by atoms with Crippen molar-refractivity contribution in [3.05, 3.63) is 224 Å². The lowest BCUT2D eigenvalue weighted by molar-refractivity contribution is 0.669. The van der Waals surface area contributed by atoms with Crippen molar-refractivity contribution in [1.29, 1.82) is 0 Å². The van der Waals surface area contributed by atoms with Crippen molar-refractivity contribution in [3.8, 4) is 22.3 Å². The minimum absolute atomic E-state index is 0.0916. The number of furan rings is 1. The van der Waals surface area contributed by atoms with Gasteiger partial charge in [0.15, 0.2) is 0 Å². The van der Waals surface area contributed by atoms with E-state index in [0.717, 1.165) is 44.7 Å². The lowest BCUT2D eigenvalue weighted by Crippen LogP contribution is -2.61. The lowest BCUT2D eigenvalue weighted by Gasteiger charge is -2.45. The van der Waals surface area contributed by atoms with Gasteiger partial charge in [-0.1, -0.05) is 164 Å². The van der Waals surface area contributed by atoms with Crippen LogP contribution in [0.1, 0.15) is 0 Å². The van der Waals surface area contributed by atoms with Crippen LogP contribution in [0, 0.1) is 0 Å². The number of benzene rings is 11. The third-order valence-electron chi connectivity index (χ3n) is 14.4. The molecule has 5 heteroatoms. The molecule has 0 fully saturated rings. The van der Waals surface area contributed by atoms with Crippen LogP contribution in [0.3, 0.4) is 0 Å². The number of anilines is 6. The quantitative estimate of drug-likeness (QED) is 0.164. The highest BCUT2D eigenvalue weighted by Crippen LogP contribution is 2.53. The maximum absolute atomic E-state index is 6.78. The fraction of sp³-hybridized carbons (Fsp3) is 0. The van der Waals surface area contributed by atoms with Crippen molar-refractivity contribution in [2.24, 2.45) is 0 Å². The smallest absolute Gasteiger partial charge is 0.252 e. The molecule has 3 nitrogen and oxygen atoms in total. The van der Waals surface area contributed by atoms with Crippen LogP contribution in [0.4, 0.5) is 34.1 Å². The average Bonchev–Trinajstić information content (AvgIpc) is 3.97. The molecule has 2 aliphatic rings. The van der Waals surface area contributed by atoms with Crippen molar-refractivity contribution >= 4 is 132 Å². The Morgan fingerprint density at radius 1 is 0.358 bits per heavy atom. The average molecular weight is 869 g/mol. The van der Waals surface area contributed by atoms with Crippen molar-refractivity contribution in [2.45, 2.75) is 0 Å². The SMILES string of the molecule is c1ccc(-c2cc3ccccc3cc2N2c3cccc4c3B(c3ccc5oc6ccccc6c5c32)c2ccc3sc5ccccc5c3c2N4c2cc3ccccc3cc2-c2ccccc2)cc1. The van der Waals surface area contributed by atoms with E-state index < -0.39 is 0 Å². The summed E-state index contributed by atoms with van der Waals surface area (Å²) in [4.78, 5) is 5.22. The minimum atomic E-state index is -0.0916. The Morgan fingerprint density at radius 3 is 1.49 bits per heavy atom. The van der Waals surface area contributed by atoms with Crippen LogP contribution in [0.5, 0.6) is 0 Å². The molecule has 4 heterocycles. The van der Waals surface area contributed by atoms with Crippen LogP contribution in [0.2, 0.25) is 0 Å². The first-order chi connectivity index (χ1) is 33.2. The standard InChI is InChI=1S/C62H37BN2OS/c1-3-16-38(17-4-1)46-34-40-20-7-9-22-42(40)36-52(46)64-50-26-15-27-51-60(50)63(48-30-32-55-58(61(48)64)44-24-11-13-28-54(44)66-55)49-31-33-57-59(45-25-12-14-29-56(45)67-57)62(49)65(51)53-37-43-23-10-8-21-41(43)35-47(53)39-18-5-2-6-19-39/h1-37H. The Labute approximate surface area is 391 Å². The van der Waals surface area contributed by atoms with E-state index in [4.69, 9.17) is 4.42 Å². The van der Waals surface area contributed by atoms with Crippen LogP contribution < -0.4 is 26.2 Å². The fourth-order valence-electron chi connectivity index (χ4n) is 11.5. The maximum atomic E-state index is 6.78. The highest BCUT2D eigenvalue weighted by atomic mass is 32.1. The molecule has 0 radical (unpaired) electrons. The molecule has 13 aromatic rings. The second-order valence-corrected chi connectivity index (χ2v) is 19.0. The van der Waals surface area contributed by atoms with Crippen LogP contribution in [-0.4, -0.2) is 6.71 Å². The van der Waals surface area contributed by atoms with Gasteiger partial charge in [-0.2, -0.15) is 0 Å². The Balaban J connectivity index is 1.13. The first-order valence-electron chi connectivity index (χ1n) is 23.0. The Bertz CT molecular complexity index is 3930. The zero-order chi connectivity index (χ0) is 43.7. The summed E-state index contributed by atoms with van der Waals surface area (Å²) in [5.41, 5.74) is 17.3. The Morgan fingerprint density at radius 2 is 0.866 bits per heavy atom. The summed E-state index contributed by atoms with van der Waals surface area (Å²) in [7, 11) is 0. The molecule has 67 heavy (non-hydrogen) atoms. The van der Waals surface area contributed by atoms with Crippen molar-refractivity contribution in [1.82, 2.24) is 0 Å². The summed E-state index contributed by atoms with van der Waals surface area (Å²) in [6.45, 7) is -0.0916. The predicted octanol–water partition coefficient (Wildman–Crippen LogP) is 15.7.